The molecule has 26 heavy (non-hydrogen) atoms. The molecule has 7 nitrogen and oxygen atoms in total. The largest absolute Gasteiger partial charge is 0.416 e. The molecule has 2 N–H and O–H groups in total. The molecule has 0 spiro atoms. The molecule has 0 radical (unpaired) electrons. The third-order valence-corrected chi connectivity index (χ3v) is 3.43. The van der Waals surface area contributed by atoms with E-state index in [1.54, 1.807) is 6.07 Å². The first kappa shape index (κ1) is 17.4. The van der Waals surface area contributed by atoms with Gasteiger partial charge in [-0.15, -0.1) is 5.10 Å². The average molecular weight is 362 g/mol. The molecule has 0 unspecified atom stereocenters. The highest BCUT2D eigenvalue weighted by atomic mass is 19.4. The van der Waals surface area contributed by atoms with Crippen molar-refractivity contribution in [2.24, 2.45) is 0 Å². The second-order valence-corrected chi connectivity index (χ2v) is 5.19. The fourth-order valence-electron chi connectivity index (χ4n) is 2.11. The number of hydrogen-bond acceptors (Lipinski definition) is 5. The maximum atomic E-state index is 12.6. The second kappa shape index (κ2) is 6.82. The van der Waals surface area contributed by atoms with Crippen molar-refractivity contribution in [2.75, 3.05) is 12.4 Å². The number of alkyl halides is 3. The summed E-state index contributed by atoms with van der Waals surface area (Å²) in [5, 5.41) is 9.51. The Kier molecular flexibility index (Phi) is 4.57. The van der Waals surface area contributed by atoms with E-state index in [9.17, 15) is 18.0 Å². The first-order valence-electron chi connectivity index (χ1n) is 7.41. The number of rotatable bonds is 4. The molecule has 2 heterocycles. The van der Waals surface area contributed by atoms with Gasteiger partial charge in [0.15, 0.2) is 0 Å². The van der Waals surface area contributed by atoms with Crippen molar-refractivity contribution in [3.8, 4) is 5.69 Å². The van der Waals surface area contributed by atoms with Crippen molar-refractivity contribution in [1.29, 1.82) is 0 Å². The Bertz CT molecular complexity index is 903. The summed E-state index contributed by atoms with van der Waals surface area (Å²) in [6.07, 6.45) is -1.57. The van der Waals surface area contributed by atoms with Crippen molar-refractivity contribution < 1.29 is 18.0 Å². The number of aromatic nitrogens is 4. The van der Waals surface area contributed by atoms with E-state index in [0.29, 0.717) is 11.4 Å². The molecule has 0 saturated carbocycles. The highest BCUT2D eigenvalue weighted by Gasteiger charge is 2.30. The van der Waals surface area contributed by atoms with E-state index >= 15 is 0 Å². The quantitative estimate of drug-likeness (QED) is 0.746. The van der Waals surface area contributed by atoms with Crippen LogP contribution in [0.4, 0.5) is 24.8 Å². The van der Waals surface area contributed by atoms with E-state index in [0.717, 1.165) is 12.1 Å². The van der Waals surface area contributed by atoms with Crippen LogP contribution in [0, 0.1) is 0 Å². The number of anilines is 2. The van der Waals surface area contributed by atoms with Crippen LogP contribution in [0.1, 0.15) is 16.1 Å². The number of carbonyl (C=O) groups excluding carboxylic acids is 1. The Hall–Kier alpha value is -3.43. The van der Waals surface area contributed by atoms with Gasteiger partial charge >= 0.3 is 6.18 Å². The molecule has 3 rings (SSSR count). The lowest BCUT2D eigenvalue weighted by Gasteiger charge is -2.07. The number of nitrogens with one attached hydrogen (secondary N) is 2. The summed E-state index contributed by atoms with van der Waals surface area (Å²) < 4.78 is 39.1. The Morgan fingerprint density at radius 1 is 1.08 bits per heavy atom. The zero-order chi connectivity index (χ0) is 18.7. The van der Waals surface area contributed by atoms with E-state index in [1.807, 2.05) is 0 Å². The number of nitrogens with zero attached hydrogens (tertiary/aromatic N) is 4. The Morgan fingerprint density at radius 3 is 2.38 bits per heavy atom. The lowest BCUT2D eigenvalue weighted by atomic mass is 10.2. The molecule has 0 aliphatic rings. The molecular weight excluding hydrogens is 349 g/mol. The number of carbonyl (C=O) groups is 1. The minimum Gasteiger partial charge on any atom is -0.354 e. The van der Waals surface area contributed by atoms with Gasteiger partial charge in [0.1, 0.15) is 12.0 Å². The predicted octanol–water partition coefficient (Wildman–Crippen LogP) is 2.78. The van der Waals surface area contributed by atoms with E-state index < -0.39 is 11.7 Å². The minimum absolute atomic E-state index is 0.236. The van der Waals surface area contributed by atoms with E-state index in [4.69, 9.17) is 0 Å². The third-order valence-electron chi connectivity index (χ3n) is 3.43. The maximum Gasteiger partial charge on any atom is 0.416 e. The molecule has 134 valence electrons. The number of benzene rings is 1. The molecule has 10 heteroatoms. The van der Waals surface area contributed by atoms with Crippen molar-refractivity contribution in [3.63, 3.8) is 0 Å². The fourth-order valence-corrected chi connectivity index (χ4v) is 2.11. The van der Waals surface area contributed by atoms with Crippen molar-refractivity contribution in [1.82, 2.24) is 25.1 Å². The Morgan fingerprint density at radius 2 is 1.81 bits per heavy atom. The number of halogens is 3. The van der Waals surface area contributed by atoms with Gasteiger partial charge in [0.05, 0.1) is 23.1 Å². The zero-order valence-electron chi connectivity index (χ0n) is 13.4. The maximum absolute atomic E-state index is 12.6. The monoisotopic (exact) mass is 362 g/mol. The van der Waals surface area contributed by atoms with Crippen LogP contribution in [0.15, 0.2) is 48.9 Å². The first-order chi connectivity index (χ1) is 12.4. The van der Waals surface area contributed by atoms with Gasteiger partial charge in [0, 0.05) is 7.05 Å². The number of pyridine rings is 1. The van der Waals surface area contributed by atoms with Crippen LogP contribution in [0.2, 0.25) is 0 Å². The van der Waals surface area contributed by atoms with Crippen LogP contribution in [-0.2, 0) is 6.18 Å². The molecule has 0 aliphatic heterocycles. The molecule has 0 atom stereocenters. The molecule has 0 fully saturated rings. The van der Waals surface area contributed by atoms with Gasteiger partial charge in [0.2, 0.25) is 5.95 Å². The average Bonchev–Trinajstić information content (AvgIpc) is 3.09. The summed E-state index contributed by atoms with van der Waals surface area (Å²) >= 11 is 0. The molecule has 0 saturated heterocycles. The van der Waals surface area contributed by atoms with Crippen molar-refractivity contribution in [2.45, 2.75) is 6.18 Å². The van der Waals surface area contributed by atoms with E-state index in [-0.39, 0.29) is 17.5 Å². The first-order valence-corrected chi connectivity index (χ1v) is 7.41. The summed E-state index contributed by atoms with van der Waals surface area (Å²) in [5.74, 6) is -0.0688. The van der Waals surface area contributed by atoms with E-state index in [1.165, 1.54) is 42.5 Å². The predicted molar refractivity (Wildman–Crippen MR) is 87.3 cm³/mol. The number of hydrogen-bond donors (Lipinski definition) is 2. The third kappa shape index (κ3) is 3.79. The van der Waals surface area contributed by atoms with Crippen molar-refractivity contribution >= 4 is 17.5 Å². The molecular formula is C16H13F3N6O. The van der Waals surface area contributed by atoms with Crippen molar-refractivity contribution in [3.05, 3.63) is 60.2 Å². The second-order valence-electron chi connectivity index (χ2n) is 5.19. The van der Waals surface area contributed by atoms with Gasteiger partial charge < -0.3 is 10.6 Å². The summed E-state index contributed by atoms with van der Waals surface area (Å²) in [4.78, 5) is 19.5. The van der Waals surface area contributed by atoms with Crippen LogP contribution < -0.4 is 10.6 Å². The lowest BCUT2D eigenvalue weighted by molar-refractivity contribution is -0.137. The van der Waals surface area contributed by atoms with Crippen LogP contribution >= 0.6 is 0 Å². The van der Waals surface area contributed by atoms with Crippen LogP contribution in [0.25, 0.3) is 5.69 Å². The Balaban J connectivity index is 1.73. The highest BCUT2D eigenvalue weighted by Crippen LogP contribution is 2.29. The number of amides is 1. The van der Waals surface area contributed by atoms with Gasteiger partial charge in [-0.3, -0.25) is 4.79 Å². The minimum atomic E-state index is -4.39. The van der Waals surface area contributed by atoms with Crippen LogP contribution in [0.5, 0.6) is 0 Å². The van der Waals surface area contributed by atoms with Gasteiger partial charge in [-0.25, -0.2) is 9.67 Å². The highest BCUT2D eigenvalue weighted by molar-refractivity contribution is 5.92. The van der Waals surface area contributed by atoms with Gasteiger partial charge in [0.25, 0.3) is 5.91 Å². The summed E-state index contributed by atoms with van der Waals surface area (Å²) in [6.45, 7) is 0. The standard InChI is InChI=1S/C16H13F3N6O/c1-20-14(26)13-7-4-11(8-21-13)23-15-22-9-25(24-15)12-5-2-10(3-6-12)16(17,18)19/h2-9H,1H3,(H,20,26)(H,23,24). The van der Waals surface area contributed by atoms with Gasteiger partial charge in [-0.2, -0.15) is 18.2 Å². The molecule has 0 bridgehead atoms. The van der Waals surface area contributed by atoms with Crippen LogP contribution in [0.3, 0.4) is 0 Å². The van der Waals surface area contributed by atoms with Gasteiger partial charge in [-0.1, -0.05) is 0 Å². The molecule has 1 aromatic carbocycles. The molecule has 2 aromatic heterocycles. The summed E-state index contributed by atoms with van der Waals surface area (Å²) in [5.41, 5.74) is 0.526. The molecule has 3 aromatic rings. The zero-order valence-corrected chi connectivity index (χ0v) is 13.4. The smallest absolute Gasteiger partial charge is 0.354 e. The fraction of sp³-hybridized carbons (Fsp3) is 0.125. The SMILES string of the molecule is CNC(=O)c1ccc(Nc2ncn(-c3ccc(C(F)(F)F)cc3)n2)cn1. The summed E-state index contributed by atoms with van der Waals surface area (Å²) in [7, 11) is 1.51. The molecule has 0 aliphatic carbocycles. The lowest BCUT2D eigenvalue weighted by Crippen LogP contribution is -2.18. The van der Waals surface area contributed by atoms with Crippen LogP contribution in [-0.4, -0.2) is 32.7 Å². The normalized spacial score (nSPS) is 11.2. The Labute approximate surface area is 145 Å². The topological polar surface area (TPSA) is 84.7 Å². The molecule has 1 amide bonds. The summed E-state index contributed by atoms with van der Waals surface area (Å²) in [6, 6.07) is 7.74. The van der Waals surface area contributed by atoms with Gasteiger partial charge in [-0.05, 0) is 36.4 Å². The van der Waals surface area contributed by atoms with E-state index in [2.05, 4.69) is 25.7 Å².